The minimum atomic E-state index is -1.14. The number of hydrogen-bond donors (Lipinski definition) is 1. The molecule has 0 bridgehead atoms. The van der Waals surface area contributed by atoms with E-state index in [2.05, 4.69) is 11.8 Å². The number of nitrogens with zero attached hydrogens (tertiary/aromatic N) is 3. The quantitative estimate of drug-likeness (QED) is 0.828. The van der Waals surface area contributed by atoms with Crippen LogP contribution in [0.2, 0.25) is 0 Å². The number of rotatable bonds is 6. The van der Waals surface area contributed by atoms with Crippen molar-refractivity contribution in [2.75, 3.05) is 49.1 Å². The van der Waals surface area contributed by atoms with E-state index in [1.807, 2.05) is 4.90 Å². The molecule has 6 nitrogen and oxygen atoms in total. The van der Waals surface area contributed by atoms with Crippen molar-refractivity contribution >= 4 is 23.3 Å². The predicted octanol–water partition coefficient (Wildman–Crippen LogP) is 2.70. The summed E-state index contributed by atoms with van der Waals surface area (Å²) in [6.07, 6.45) is 0. The minimum Gasteiger partial charge on any atom is -0.480 e. The maximum absolute atomic E-state index is 14.8. The number of benzene rings is 2. The van der Waals surface area contributed by atoms with Crippen molar-refractivity contribution in [3.63, 3.8) is 0 Å². The molecule has 0 aromatic heterocycles. The van der Waals surface area contributed by atoms with Gasteiger partial charge in [-0.2, -0.15) is 0 Å². The third kappa shape index (κ3) is 4.48. The SMILES string of the molecule is CCN1CCN(c2ccc(C(=O)N(CC(=O)O)c3ccccc3)cc2F)CC1. The Labute approximate surface area is 163 Å². The van der Waals surface area contributed by atoms with Gasteiger partial charge in [0.2, 0.25) is 0 Å². The van der Waals surface area contributed by atoms with Crippen molar-refractivity contribution in [3.8, 4) is 0 Å². The highest BCUT2D eigenvalue weighted by Crippen LogP contribution is 2.24. The number of amides is 1. The van der Waals surface area contributed by atoms with Gasteiger partial charge in [0.05, 0.1) is 5.69 Å². The topological polar surface area (TPSA) is 64.1 Å². The summed E-state index contributed by atoms with van der Waals surface area (Å²) in [6, 6.07) is 12.9. The lowest BCUT2D eigenvalue weighted by molar-refractivity contribution is -0.135. The van der Waals surface area contributed by atoms with E-state index in [0.717, 1.165) is 37.6 Å². The van der Waals surface area contributed by atoms with E-state index in [0.29, 0.717) is 11.4 Å². The molecule has 1 aliphatic rings. The molecule has 2 aromatic rings. The lowest BCUT2D eigenvalue weighted by atomic mass is 10.1. The number of carbonyl (C=O) groups is 2. The molecule has 1 saturated heterocycles. The first-order valence-corrected chi connectivity index (χ1v) is 9.35. The van der Waals surface area contributed by atoms with Crippen molar-refractivity contribution in [2.24, 2.45) is 0 Å². The molecular formula is C21H24FN3O3. The minimum absolute atomic E-state index is 0.124. The monoisotopic (exact) mass is 385 g/mol. The second-order valence-electron chi connectivity index (χ2n) is 6.71. The predicted molar refractivity (Wildman–Crippen MR) is 106 cm³/mol. The van der Waals surface area contributed by atoms with Crippen LogP contribution in [-0.2, 0) is 4.79 Å². The van der Waals surface area contributed by atoms with Crippen molar-refractivity contribution in [1.29, 1.82) is 0 Å². The van der Waals surface area contributed by atoms with E-state index in [9.17, 15) is 19.1 Å². The summed E-state index contributed by atoms with van der Waals surface area (Å²) in [6.45, 7) is 5.79. The molecule has 0 atom stereocenters. The van der Waals surface area contributed by atoms with E-state index in [-0.39, 0.29) is 5.56 Å². The zero-order chi connectivity index (χ0) is 20.1. The molecule has 0 saturated carbocycles. The highest BCUT2D eigenvalue weighted by Gasteiger charge is 2.23. The maximum Gasteiger partial charge on any atom is 0.323 e. The van der Waals surface area contributed by atoms with Crippen LogP contribution in [0.3, 0.4) is 0 Å². The van der Waals surface area contributed by atoms with Crippen LogP contribution < -0.4 is 9.80 Å². The number of halogens is 1. The molecule has 1 aliphatic heterocycles. The fraction of sp³-hybridized carbons (Fsp3) is 0.333. The summed E-state index contributed by atoms with van der Waals surface area (Å²) in [7, 11) is 0. The van der Waals surface area contributed by atoms with Crippen LogP contribution in [0, 0.1) is 5.82 Å². The Kier molecular flexibility index (Phi) is 6.26. The summed E-state index contributed by atoms with van der Waals surface area (Å²) in [5.74, 6) is -2.16. The summed E-state index contributed by atoms with van der Waals surface area (Å²) >= 11 is 0. The molecule has 0 radical (unpaired) electrons. The zero-order valence-corrected chi connectivity index (χ0v) is 15.8. The molecule has 2 aromatic carbocycles. The Balaban J connectivity index is 1.81. The highest BCUT2D eigenvalue weighted by molar-refractivity contribution is 6.08. The Bertz CT molecular complexity index is 836. The van der Waals surface area contributed by atoms with Crippen molar-refractivity contribution in [1.82, 2.24) is 4.90 Å². The Morgan fingerprint density at radius 2 is 1.75 bits per heavy atom. The van der Waals surface area contributed by atoms with Crippen LogP contribution in [0.25, 0.3) is 0 Å². The largest absolute Gasteiger partial charge is 0.480 e. The molecule has 1 heterocycles. The second-order valence-corrected chi connectivity index (χ2v) is 6.71. The van der Waals surface area contributed by atoms with Crippen molar-refractivity contribution in [2.45, 2.75) is 6.92 Å². The first kappa shape index (κ1) is 19.8. The van der Waals surface area contributed by atoms with Gasteiger partial charge >= 0.3 is 5.97 Å². The number of anilines is 2. The number of piperazine rings is 1. The summed E-state index contributed by atoms with van der Waals surface area (Å²) in [4.78, 5) is 29.5. The van der Waals surface area contributed by atoms with E-state index >= 15 is 0 Å². The van der Waals surface area contributed by atoms with Gasteiger partial charge in [-0.15, -0.1) is 0 Å². The first-order chi connectivity index (χ1) is 13.5. The smallest absolute Gasteiger partial charge is 0.323 e. The fourth-order valence-electron chi connectivity index (χ4n) is 3.38. The molecule has 148 valence electrons. The van der Waals surface area contributed by atoms with Gasteiger partial charge in [0.15, 0.2) is 0 Å². The third-order valence-corrected chi connectivity index (χ3v) is 4.96. The normalized spacial score (nSPS) is 14.7. The van der Waals surface area contributed by atoms with E-state index < -0.39 is 24.2 Å². The second kappa shape index (κ2) is 8.84. The van der Waals surface area contributed by atoms with Gasteiger partial charge in [-0.3, -0.25) is 14.5 Å². The van der Waals surface area contributed by atoms with Gasteiger partial charge in [-0.25, -0.2) is 4.39 Å². The number of para-hydroxylation sites is 1. The first-order valence-electron chi connectivity index (χ1n) is 9.35. The number of hydrogen-bond acceptors (Lipinski definition) is 4. The molecule has 0 unspecified atom stereocenters. The van der Waals surface area contributed by atoms with Gasteiger partial charge in [-0.1, -0.05) is 25.1 Å². The van der Waals surface area contributed by atoms with Gasteiger partial charge < -0.3 is 14.9 Å². The molecule has 0 spiro atoms. The Hall–Kier alpha value is -2.93. The maximum atomic E-state index is 14.8. The van der Waals surface area contributed by atoms with Gasteiger partial charge in [0.25, 0.3) is 5.91 Å². The van der Waals surface area contributed by atoms with Crippen LogP contribution in [-0.4, -0.2) is 61.2 Å². The van der Waals surface area contributed by atoms with Gasteiger partial charge in [-0.05, 0) is 36.9 Å². The number of carbonyl (C=O) groups excluding carboxylic acids is 1. The number of likely N-dealkylation sites (N-methyl/N-ethyl adjacent to an activating group) is 1. The van der Waals surface area contributed by atoms with Crippen LogP contribution in [0.4, 0.5) is 15.8 Å². The van der Waals surface area contributed by atoms with Crippen molar-refractivity contribution < 1.29 is 19.1 Å². The Morgan fingerprint density at radius 1 is 1.07 bits per heavy atom. The Morgan fingerprint density at radius 3 is 2.32 bits per heavy atom. The molecule has 7 heteroatoms. The zero-order valence-electron chi connectivity index (χ0n) is 15.8. The molecule has 1 fully saturated rings. The molecule has 1 N–H and O–H groups in total. The highest BCUT2D eigenvalue weighted by atomic mass is 19.1. The van der Waals surface area contributed by atoms with Gasteiger partial charge in [0, 0.05) is 37.4 Å². The number of carboxylic acids is 1. The van der Waals surface area contributed by atoms with Gasteiger partial charge in [0.1, 0.15) is 12.4 Å². The average molecular weight is 385 g/mol. The third-order valence-electron chi connectivity index (χ3n) is 4.96. The van der Waals surface area contributed by atoms with Crippen LogP contribution in [0.5, 0.6) is 0 Å². The lowest BCUT2D eigenvalue weighted by Crippen LogP contribution is -2.46. The summed E-state index contributed by atoms with van der Waals surface area (Å²) < 4.78 is 14.8. The summed E-state index contributed by atoms with van der Waals surface area (Å²) in [5, 5.41) is 9.17. The fourth-order valence-corrected chi connectivity index (χ4v) is 3.38. The summed E-state index contributed by atoms with van der Waals surface area (Å²) in [5.41, 5.74) is 1.05. The molecule has 28 heavy (non-hydrogen) atoms. The molecule has 1 amide bonds. The average Bonchev–Trinajstić information content (AvgIpc) is 2.72. The molecule has 3 rings (SSSR count). The van der Waals surface area contributed by atoms with Crippen LogP contribution in [0.1, 0.15) is 17.3 Å². The molecular weight excluding hydrogens is 361 g/mol. The molecule has 0 aliphatic carbocycles. The number of carboxylic acid groups (broad SMARTS) is 1. The van der Waals surface area contributed by atoms with Crippen molar-refractivity contribution in [3.05, 3.63) is 59.9 Å². The standard InChI is InChI=1S/C21H24FN3O3/c1-2-23-10-12-24(13-11-23)19-9-8-16(14-18(19)22)21(28)25(15-20(26)27)17-6-4-3-5-7-17/h3-9,14H,2,10-13,15H2,1H3,(H,26,27). The van der Waals surface area contributed by atoms with E-state index in [4.69, 9.17) is 0 Å². The van der Waals surface area contributed by atoms with E-state index in [1.54, 1.807) is 42.5 Å². The number of aliphatic carboxylic acids is 1. The van der Waals surface area contributed by atoms with Crippen LogP contribution >= 0.6 is 0 Å². The lowest BCUT2D eigenvalue weighted by Gasteiger charge is -2.35. The van der Waals surface area contributed by atoms with E-state index in [1.165, 1.54) is 6.07 Å². The van der Waals surface area contributed by atoms with Crippen LogP contribution in [0.15, 0.2) is 48.5 Å².